The van der Waals surface area contributed by atoms with Crippen molar-refractivity contribution in [3.63, 3.8) is 0 Å². The first kappa shape index (κ1) is 16.5. The average molecular weight is 325 g/mol. The molecule has 1 amide bonds. The fourth-order valence-electron chi connectivity index (χ4n) is 2.84. The van der Waals surface area contributed by atoms with E-state index in [-0.39, 0.29) is 5.91 Å². The summed E-state index contributed by atoms with van der Waals surface area (Å²) in [7, 11) is 0. The lowest BCUT2D eigenvalue weighted by atomic mass is 10.2. The molecule has 0 radical (unpaired) electrons. The van der Waals surface area contributed by atoms with Gasteiger partial charge in [0.2, 0.25) is 0 Å². The number of pyridine rings is 1. The molecule has 1 aliphatic rings. The van der Waals surface area contributed by atoms with E-state index in [0.717, 1.165) is 50.7 Å². The molecule has 3 heterocycles. The predicted octanol–water partition coefficient (Wildman–Crippen LogP) is 1.70. The lowest BCUT2D eigenvalue weighted by Crippen LogP contribution is -2.48. The van der Waals surface area contributed by atoms with Crippen LogP contribution in [0.25, 0.3) is 0 Å². The van der Waals surface area contributed by atoms with Crippen molar-refractivity contribution in [1.82, 2.24) is 24.8 Å². The van der Waals surface area contributed by atoms with Crippen LogP contribution in [-0.2, 0) is 13.0 Å². The molecule has 0 spiro atoms. The van der Waals surface area contributed by atoms with Crippen LogP contribution in [0.1, 0.15) is 34.4 Å². The van der Waals surface area contributed by atoms with Crippen molar-refractivity contribution in [2.24, 2.45) is 0 Å². The first-order valence-electron chi connectivity index (χ1n) is 8.40. The van der Waals surface area contributed by atoms with Gasteiger partial charge in [-0.2, -0.15) is 0 Å². The molecule has 0 atom stereocenters. The smallest absolute Gasteiger partial charge is 0.257 e. The fraction of sp³-hybridized carbons (Fsp3) is 0.444. The van der Waals surface area contributed by atoms with Crippen LogP contribution in [0.4, 0.5) is 0 Å². The first-order chi connectivity index (χ1) is 11.7. The van der Waals surface area contributed by atoms with Crippen LogP contribution in [-0.4, -0.2) is 56.8 Å². The molecule has 2 aromatic heterocycles. The third kappa shape index (κ3) is 3.76. The van der Waals surface area contributed by atoms with E-state index in [4.69, 9.17) is 0 Å². The number of rotatable bonds is 4. The summed E-state index contributed by atoms with van der Waals surface area (Å²) in [5.74, 6) is 0.786. The average Bonchev–Trinajstić information content (AvgIpc) is 2.64. The summed E-state index contributed by atoms with van der Waals surface area (Å²) >= 11 is 0. The summed E-state index contributed by atoms with van der Waals surface area (Å²) in [5.41, 5.74) is 2.89. The van der Waals surface area contributed by atoms with E-state index >= 15 is 0 Å². The van der Waals surface area contributed by atoms with Crippen LogP contribution < -0.4 is 0 Å². The molecule has 2 aromatic rings. The highest BCUT2D eigenvalue weighted by atomic mass is 16.2. The highest BCUT2D eigenvalue weighted by molar-refractivity contribution is 5.93. The maximum atomic E-state index is 12.5. The zero-order valence-corrected chi connectivity index (χ0v) is 14.3. The summed E-state index contributed by atoms with van der Waals surface area (Å²) in [5, 5.41) is 0. The summed E-state index contributed by atoms with van der Waals surface area (Å²) in [6.45, 7) is 8.08. The molecule has 0 saturated carbocycles. The highest BCUT2D eigenvalue weighted by Crippen LogP contribution is 2.12. The number of carbonyl (C=O) groups is 1. The molecule has 0 N–H and O–H groups in total. The molecule has 1 fully saturated rings. The molecular formula is C18H23N5O. The van der Waals surface area contributed by atoms with Crippen LogP contribution in [0.2, 0.25) is 0 Å². The first-order valence-corrected chi connectivity index (χ1v) is 8.40. The van der Waals surface area contributed by atoms with Crippen LogP contribution in [0, 0.1) is 6.92 Å². The monoisotopic (exact) mass is 325 g/mol. The van der Waals surface area contributed by atoms with Crippen LogP contribution in [0.3, 0.4) is 0 Å². The number of carbonyl (C=O) groups excluding carboxylic acids is 1. The zero-order valence-electron chi connectivity index (χ0n) is 14.3. The maximum absolute atomic E-state index is 12.5. The zero-order chi connectivity index (χ0) is 16.9. The van der Waals surface area contributed by atoms with Gasteiger partial charge in [-0.1, -0.05) is 13.0 Å². The van der Waals surface area contributed by atoms with E-state index in [1.165, 1.54) is 5.56 Å². The SMILES string of the molecule is CCc1ncc(C(=O)N2CCN(Cc3ncccc3C)CC2)cn1. The molecular weight excluding hydrogens is 302 g/mol. The van der Waals surface area contributed by atoms with Gasteiger partial charge in [0.05, 0.1) is 11.3 Å². The topological polar surface area (TPSA) is 62.2 Å². The molecule has 1 saturated heterocycles. The quantitative estimate of drug-likeness (QED) is 0.856. The molecule has 0 unspecified atom stereocenters. The Hall–Kier alpha value is -2.34. The van der Waals surface area contributed by atoms with Crippen molar-refractivity contribution in [3.8, 4) is 0 Å². The second-order valence-corrected chi connectivity index (χ2v) is 6.08. The number of hydrogen-bond acceptors (Lipinski definition) is 5. The van der Waals surface area contributed by atoms with Gasteiger partial charge in [-0.05, 0) is 18.6 Å². The molecule has 24 heavy (non-hydrogen) atoms. The van der Waals surface area contributed by atoms with Crippen LogP contribution >= 0.6 is 0 Å². The van der Waals surface area contributed by atoms with Crippen molar-refractivity contribution < 1.29 is 4.79 Å². The van der Waals surface area contributed by atoms with Gasteiger partial charge in [-0.25, -0.2) is 9.97 Å². The second-order valence-electron chi connectivity index (χ2n) is 6.08. The Morgan fingerprint density at radius 1 is 1.12 bits per heavy atom. The molecule has 1 aliphatic heterocycles. The van der Waals surface area contributed by atoms with Gasteiger partial charge in [0.15, 0.2) is 0 Å². The summed E-state index contributed by atoms with van der Waals surface area (Å²) < 4.78 is 0. The lowest BCUT2D eigenvalue weighted by molar-refractivity contribution is 0.0626. The van der Waals surface area contributed by atoms with Crippen molar-refractivity contribution in [1.29, 1.82) is 0 Å². The van der Waals surface area contributed by atoms with Gasteiger partial charge in [0, 0.05) is 57.7 Å². The van der Waals surface area contributed by atoms with Gasteiger partial charge < -0.3 is 4.90 Å². The molecule has 6 heteroatoms. The van der Waals surface area contributed by atoms with Crippen molar-refractivity contribution >= 4 is 5.91 Å². The second kappa shape index (κ2) is 7.49. The minimum absolute atomic E-state index is 0.0197. The molecule has 6 nitrogen and oxygen atoms in total. The van der Waals surface area contributed by atoms with Gasteiger partial charge >= 0.3 is 0 Å². The normalized spacial score (nSPS) is 15.5. The largest absolute Gasteiger partial charge is 0.336 e. The van der Waals surface area contributed by atoms with Crippen LogP contribution in [0.5, 0.6) is 0 Å². The minimum Gasteiger partial charge on any atom is -0.336 e. The van der Waals surface area contributed by atoms with E-state index in [1.54, 1.807) is 12.4 Å². The standard InChI is InChI=1S/C18H23N5O/c1-3-17-20-11-15(12-21-17)18(24)23-9-7-22(8-10-23)13-16-14(2)5-4-6-19-16/h4-6,11-12H,3,7-10,13H2,1-2H3. The minimum atomic E-state index is 0.0197. The molecule has 3 rings (SSSR count). The number of aromatic nitrogens is 3. The number of piperazine rings is 1. The fourth-order valence-corrected chi connectivity index (χ4v) is 2.84. The number of aryl methyl sites for hydroxylation is 2. The van der Waals surface area contributed by atoms with Gasteiger partial charge in [-0.15, -0.1) is 0 Å². The molecule has 0 aromatic carbocycles. The summed E-state index contributed by atoms with van der Waals surface area (Å²) in [4.78, 5) is 29.6. The Balaban J connectivity index is 1.56. The molecule has 0 aliphatic carbocycles. The Labute approximate surface area is 142 Å². The Morgan fingerprint density at radius 3 is 2.46 bits per heavy atom. The Morgan fingerprint density at radius 2 is 1.83 bits per heavy atom. The van der Waals surface area contributed by atoms with E-state index in [2.05, 4.69) is 32.8 Å². The predicted molar refractivity (Wildman–Crippen MR) is 91.6 cm³/mol. The van der Waals surface area contributed by atoms with E-state index in [9.17, 15) is 4.79 Å². The van der Waals surface area contributed by atoms with E-state index < -0.39 is 0 Å². The lowest BCUT2D eigenvalue weighted by Gasteiger charge is -2.34. The highest BCUT2D eigenvalue weighted by Gasteiger charge is 2.23. The molecule has 126 valence electrons. The number of amides is 1. The van der Waals surface area contributed by atoms with Gasteiger partial charge in [0.25, 0.3) is 5.91 Å². The van der Waals surface area contributed by atoms with Crippen LogP contribution in [0.15, 0.2) is 30.7 Å². The third-order valence-corrected chi connectivity index (χ3v) is 4.42. The van der Waals surface area contributed by atoms with Crippen molar-refractivity contribution in [2.75, 3.05) is 26.2 Å². The van der Waals surface area contributed by atoms with E-state index in [1.807, 2.05) is 24.1 Å². The summed E-state index contributed by atoms with van der Waals surface area (Å²) in [6.07, 6.45) is 5.89. The Bertz CT molecular complexity index is 693. The van der Waals surface area contributed by atoms with Crippen molar-refractivity contribution in [2.45, 2.75) is 26.8 Å². The third-order valence-electron chi connectivity index (χ3n) is 4.42. The van der Waals surface area contributed by atoms with Gasteiger partial charge in [-0.3, -0.25) is 14.7 Å². The van der Waals surface area contributed by atoms with E-state index in [0.29, 0.717) is 5.56 Å². The van der Waals surface area contributed by atoms with Crippen molar-refractivity contribution in [3.05, 3.63) is 53.4 Å². The summed E-state index contributed by atoms with van der Waals surface area (Å²) in [6, 6.07) is 4.05. The van der Waals surface area contributed by atoms with Gasteiger partial charge in [0.1, 0.15) is 5.82 Å². The molecule has 0 bridgehead atoms. The Kier molecular flexibility index (Phi) is 5.15. The maximum Gasteiger partial charge on any atom is 0.257 e. The number of nitrogens with zero attached hydrogens (tertiary/aromatic N) is 5. The number of hydrogen-bond donors (Lipinski definition) is 0.